The van der Waals surface area contributed by atoms with E-state index in [0.29, 0.717) is 34.7 Å². The SMILES string of the molecule is CCCCCCCCCCCCc1ccc2ccccc2c1S(=O)(=O)[O-].CCCCCCCCCCCCc1ccc2ccccc2c1S(=O)(=O)[O-].[Co+2]. The van der Waals surface area contributed by atoms with Crippen LogP contribution < -0.4 is 0 Å². The van der Waals surface area contributed by atoms with E-state index in [9.17, 15) is 25.9 Å². The molecule has 1 radical (unpaired) electrons. The summed E-state index contributed by atoms with van der Waals surface area (Å²) in [6.45, 7) is 4.47. The van der Waals surface area contributed by atoms with Crippen LogP contribution in [0.4, 0.5) is 0 Å². The van der Waals surface area contributed by atoms with Gasteiger partial charge in [0.15, 0.2) is 0 Å². The largest absolute Gasteiger partial charge is 2.00 e. The Morgan fingerprint density at radius 3 is 0.981 bits per heavy atom. The Labute approximate surface area is 331 Å². The molecular formula is C44H62CoO6S2. The first kappa shape index (κ1) is 46.9. The molecule has 0 heterocycles. The monoisotopic (exact) mass is 809 g/mol. The zero-order chi connectivity index (χ0) is 37.7. The van der Waals surface area contributed by atoms with E-state index in [2.05, 4.69) is 13.8 Å². The Balaban J connectivity index is 0.000000360. The van der Waals surface area contributed by atoms with Crippen molar-refractivity contribution in [3.8, 4) is 0 Å². The maximum Gasteiger partial charge on any atom is 2.00 e. The smallest absolute Gasteiger partial charge is 0.744 e. The van der Waals surface area contributed by atoms with E-state index in [4.69, 9.17) is 0 Å². The molecule has 0 aliphatic heterocycles. The molecule has 295 valence electrons. The normalized spacial score (nSPS) is 11.7. The maximum atomic E-state index is 11.8. The molecule has 6 nitrogen and oxygen atoms in total. The summed E-state index contributed by atoms with van der Waals surface area (Å²) in [5.41, 5.74) is 1.33. The van der Waals surface area contributed by atoms with E-state index in [1.54, 1.807) is 36.4 Å². The van der Waals surface area contributed by atoms with Gasteiger partial charge in [-0.3, -0.25) is 0 Å². The van der Waals surface area contributed by atoms with Crippen molar-refractivity contribution < 1.29 is 42.7 Å². The van der Waals surface area contributed by atoms with Crippen molar-refractivity contribution in [2.75, 3.05) is 0 Å². The minimum Gasteiger partial charge on any atom is -0.744 e. The first-order chi connectivity index (χ1) is 25.1. The third-order valence-electron chi connectivity index (χ3n) is 10.0. The molecule has 0 aliphatic rings. The van der Waals surface area contributed by atoms with Crippen LogP contribution >= 0.6 is 0 Å². The van der Waals surface area contributed by atoms with Crippen molar-refractivity contribution in [1.82, 2.24) is 0 Å². The Morgan fingerprint density at radius 1 is 0.396 bits per heavy atom. The molecule has 0 atom stereocenters. The van der Waals surface area contributed by atoms with Crippen LogP contribution in [0.1, 0.15) is 153 Å². The molecule has 0 fully saturated rings. The van der Waals surface area contributed by atoms with Gasteiger partial charge in [0.05, 0.1) is 9.79 Å². The summed E-state index contributed by atoms with van der Waals surface area (Å²) in [5, 5.41) is 2.70. The van der Waals surface area contributed by atoms with Crippen LogP contribution in [0.3, 0.4) is 0 Å². The second-order valence-corrected chi connectivity index (χ2v) is 17.0. The van der Waals surface area contributed by atoms with Gasteiger partial charge in [-0.2, -0.15) is 0 Å². The third kappa shape index (κ3) is 17.0. The fourth-order valence-electron chi connectivity index (χ4n) is 7.17. The number of rotatable bonds is 24. The molecule has 0 saturated heterocycles. The van der Waals surface area contributed by atoms with Crippen LogP contribution in [0.2, 0.25) is 0 Å². The third-order valence-corrected chi connectivity index (χ3v) is 12.0. The molecule has 9 heteroatoms. The summed E-state index contributed by atoms with van der Waals surface area (Å²) >= 11 is 0. The van der Waals surface area contributed by atoms with Gasteiger partial charge in [0.25, 0.3) is 0 Å². The van der Waals surface area contributed by atoms with Gasteiger partial charge in [-0.15, -0.1) is 0 Å². The van der Waals surface area contributed by atoms with Gasteiger partial charge in [-0.05, 0) is 58.4 Å². The minimum absolute atomic E-state index is 0. The molecule has 0 spiro atoms. The van der Waals surface area contributed by atoms with Crippen LogP contribution in [0.25, 0.3) is 21.5 Å². The summed E-state index contributed by atoms with van der Waals surface area (Å²) < 4.78 is 70.8. The number of aryl methyl sites for hydroxylation is 2. The molecule has 4 aromatic carbocycles. The number of hydrogen-bond acceptors (Lipinski definition) is 6. The topological polar surface area (TPSA) is 114 Å². The Hall–Kier alpha value is -2.27. The molecule has 0 unspecified atom stereocenters. The number of hydrogen-bond donors (Lipinski definition) is 0. The predicted molar refractivity (Wildman–Crippen MR) is 215 cm³/mol. The van der Waals surface area contributed by atoms with E-state index >= 15 is 0 Å². The van der Waals surface area contributed by atoms with Gasteiger partial charge >= 0.3 is 16.8 Å². The van der Waals surface area contributed by atoms with Crippen LogP contribution in [0.15, 0.2) is 82.6 Å². The quantitative estimate of drug-likeness (QED) is 0.0514. The van der Waals surface area contributed by atoms with E-state index in [1.165, 1.54) is 103 Å². The van der Waals surface area contributed by atoms with E-state index in [0.717, 1.165) is 36.5 Å². The summed E-state index contributed by atoms with van der Waals surface area (Å²) in [6.07, 6.45) is 26.1. The maximum absolute atomic E-state index is 11.8. The van der Waals surface area contributed by atoms with Gasteiger partial charge in [0, 0.05) is 0 Å². The van der Waals surface area contributed by atoms with Crippen molar-refractivity contribution in [3.63, 3.8) is 0 Å². The standard InChI is InChI=1S/2C22H32O3S.Co/c2*1-2-3-4-5-6-7-8-9-10-11-15-20-18-17-19-14-12-13-16-21(19)22(20)26(23,24)25;/h2*12-14,16-18H,2-11,15H2,1H3,(H,23,24,25);/q;;+2/p-2. The van der Waals surface area contributed by atoms with E-state index in [1.807, 2.05) is 36.4 Å². The van der Waals surface area contributed by atoms with Gasteiger partial charge in [-0.1, -0.05) is 202 Å². The van der Waals surface area contributed by atoms with Crippen LogP contribution in [-0.4, -0.2) is 25.9 Å². The molecule has 53 heavy (non-hydrogen) atoms. The average molecular weight is 810 g/mol. The van der Waals surface area contributed by atoms with Gasteiger partial charge in [-0.25, -0.2) is 16.8 Å². The van der Waals surface area contributed by atoms with Crippen molar-refractivity contribution in [1.29, 1.82) is 0 Å². The molecule has 0 N–H and O–H groups in total. The Bertz CT molecular complexity index is 1700. The van der Waals surface area contributed by atoms with E-state index < -0.39 is 20.2 Å². The van der Waals surface area contributed by atoms with Crippen LogP contribution in [0, 0.1) is 0 Å². The summed E-state index contributed by atoms with van der Waals surface area (Å²) in [6, 6.07) is 21.8. The first-order valence-corrected chi connectivity index (χ1v) is 22.8. The Kier molecular flexibility index (Phi) is 22.8. The molecule has 4 rings (SSSR count). The van der Waals surface area contributed by atoms with Gasteiger partial charge < -0.3 is 9.11 Å². The fourth-order valence-corrected chi connectivity index (χ4v) is 9.06. The molecule has 0 aromatic heterocycles. The Morgan fingerprint density at radius 2 is 0.679 bits per heavy atom. The van der Waals surface area contributed by atoms with Crippen molar-refractivity contribution >= 4 is 41.8 Å². The molecule has 4 aromatic rings. The zero-order valence-corrected chi connectivity index (χ0v) is 34.8. The molecule has 0 bridgehead atoms. The first-order valence-electron chi connectivity index (χ1n) is 20.0. The number of benzene rings is 4. The second-order valence-electron chi connectivity index (χ2n) is 14.3. The molecular weight excluding hydrogens is 748 g/mol. The molecule has 0 saturated carbocycles. The van der Waals surface area contributed by atoms with Gasteiger partial charge in [0.1, 0.15) is 20.2 Å². The van der Waals surface area contributed by atoms with Crippen LogP contribution in [0.5, 0.6) is 0 Å². The zero-order valence-electron chi connectivity index (χ0n) is 32.1. The van der Waals surface area contributed by atoms with Crippen LogP contribution in [-0.2, 0) is 49.9 Å². The van der Waals surface area contributed by atoms with Crippen molar-refractivity contribution in [3.05, 3.63) is 83.9 Å². The molecule has 0 amide bonds. The number of fused-ring (bicyclic) bond motifs is 2. The minimum atomic E-state index is -4.47. The van der Waals surface area contributed by atoms with Crippen molar-refractivity contribution in [2.24, 2.45) is 0 Å². The molecule has 0 aliphatic carbocycles. The van der Waals surface area contributed by atoms with Gasteiger partial charge in [0.2, 0.25) is 0 Å². The summed E-state index contributed by atoms with van der Waals surface area (Å²) in [4.78, 5) is -0.0435. The number of unbranched alkanes of at least 4 members (excludes halogenated alkanes) is 18. The van der Waals surface area contributed by atoms with E-state index in [-0.39, 0.29) is 26.6 Å². The average Bonchev–Trinajstić information content (AvgIpc) is 3.12. The summed E-state index contributed by atoms with van der Waals surface area (Å²) in [5.74, 6) is 0. The second kappa shape index (κ2) is 25.7. The predicted octanol–water partition coefficient (Wildman–Crippen LogP) is 12.4. The fraction of sp³-hybridized carbons (Fsp3) is 0.545. The summed E-state index contributed by atoms with van der Waals surface area (Å²) in [7, 11) is -8.95. The van der Waals surface area contributed by atoms with Crippen molar-refractivity contribution in [2.45, 2.75) is 165 Å².